The maximum Gasteiger partial charge on any atom is -0.00920 e. The van der Waals surface area contributed by atoms with E-state index in [4.69, 9.17) is 0 Å². The highest BCUT2D eigenvalue weighted by molar-refractivity contribution is 5.13. The largest absolute Gasteiger partial charge is 0.126 e. The first kappa shape index (κ1) is 5.65. The van der Waals surface area contributed by atoms with E-state index < -0.39 is 0 Å². The Morgan fingerprint density at radius 2 is 2.12 bits per heavy atom. The zero-order valence-corrected chi connectivity index (χ0v) is 5.73. The molecule has 0 fully saturated rings. The Morgan fingerprint density at radius 1 is 1.50 bits per heavy atom. The predicted molar refractivity (Wildman–Crippen MR) is 35.6 cm³/mol. The lowest BCUT2D eigenvalue weighted by molar-refractivity contribution is 0.549. The van der Waals surface area contributed by atoms with Gasteiger partial charge in [0.2, 0.25) is 0 Å². The van der Waals surface area contributed by atoms with Crippen LogP contribution in [-0.4, -0.2) is 0 Å². The number of allylic oxidation sites excluding steroid dienone is 1. The molecular formula is C8H12. The maximum absolute atomic E-state index is 3.21. The van der Waals surface area contributed by atoms with Crippen LogP contribution in [0.4, 0.5) is 0 Å². The van der Waals surface area contributed by atoms with Crippen LogP contribution < -0.4 is 0 Å². The Balaban J connectivity index is 2.73. The van der Waals surface area contributed by atoms with Gasteiger partial charge in [0, 0.05) is 0 Å². The Kier molecular flexibility index (Phi) is 1.27. The van der Waals surface area contributed by atoms with E-state index in [1.54, 1.807) is 0 Å². The molecule has 0 saturated carbocycles. The fourth-order valence-corrected chi connectivity index (χ4v) is 0.933. The van der Waals surface area contributed by atoms with E-state index in [1.165, 1.54) is 5.57 Å². The van der Waals surface area contributed by atoms with E-state index in [9.17, 15) is 0 Å². The fraction of sp³-hybridized carbons (Fsp3) is 0.625. The lowest BCUT2D eigenvalue weighted by Gasteiger charge is -2.08. The van der Waals surface area contributed by atoms with Crippen LogP contribution in [0.5, 0.6) is 0 Å². The minimum absolute atomic E-state index is 0.718. The molecule has 0 aromatic carbocycles. The number of hydrogen-bond donors (Lipinski definition) is 0. The molecule has 1 aliphatic rings. The third kappa shape index (κ3) is 0.719. The normalized spacial score (nSPS) is 35.6. The van der Waals surface area contributed by atoms with Crippen LogP contribution in [0.1, 0.15) is 20.8 Å². The summed E-state index contributed by atoms with van der Waals surface area (Å²) >= 11 is 0. The van der Waals surface area contributed by atoms with Crippen molar-refractivity contribution < 1.29 is 0 Å². The van der Waals surface area contributed by atoms with Crippen molar-refractivity contribution in [3.63, 3.8) is 0 Å². The van der Waals surface area contributed by atoms with Crippen LogP contribution in [0, 0.1) is 11.8 Å². The van der Waals surface area contributed by atoms with Crippen LogP contribution in [0.3, 0.4) is 0 Å². The third-order valence-corrected chi connectivity index (χ3v) is 2.05. The fourth-order valence-electron chi connectivity index (χ4n) is 0.933. The van der Waals surface area contributed by atoms with E-state index in [0.717, 1.165) is 11.8 Å². The second-order valence-electron chi connectivity index (χ2n) is 2.64. The summed E-state index contributed by atoms with van der Waals surface area (Å²) in [5, 5.41) is 0. The van der Waals surface area contributed by atoms with Gasteiger partial charge in [-0.25, -0.2) is 0 Å². The molecular weight excluding hydrogens is 96.1 g/mol. The van der Waals surface area contributed by atoms with E-state index in [1.807, 2.05) is 0 Å². The Morgan fingerprint density at radius 3 is 2.25 bits per heavy atom. The molecule has 0 N–H and O–H groups in total. The molecule has 44 valence electrons. The monoisotopic (exact) mass is 108 g/mol. The lowest BCUT2D eigenvalue weighted by Crippen LogP contribution is -2.00. The van der Waals surface area contributed by atoms with Crippen molar-refractivity contribution in [2.75, 3.05) is 0 Å². The zero-order chi connectivity index (χ0) is 6.15. The van der Waals surface area contributed by atoms with E-state index in [0.29, 0.717) is 0 Å². The summed E-state index contributed by atoms with van der Waals surface area (Å²) < 4.78 is 0. The smallest absolute Gasteiger partial charge is 0.00920 e. The lowest BCUT2D eigenvalue weighted by atomic mass is 9.95. The van der Waals surface area contributed by atoms with Gasteiger partial charge in [-0.05, 0) is 30.4 Å². The molecule has 0 aliphatic heterocycles. The molecule has 0 bridgehead atoms. The average Bonchev–Trinajstić information content (AvgIpc) is 1.98. The Bertz CT molecular complexity index is 147. The molecule has 0 amide bonds. The Labute approximate surface area is 50.9 Å². The van der Waals surface area contributed by atoms with Gasteiger partial charge in [-0.1, -0.05) is 13.8 Å². The van der Waals surface area contributed by atoms with Crippen LogP contribution >= 0.6 is 0 Å². The summed E-state index contributed by atoms with van der Waals surface area (Å²) in [5.74, 6) is 1.45. The SMILES string of the molecule is CC1=C=CC(C)C1C. The predicted octanol–water partition coefficient (Wildman–Crippen LogP) is 2.37. The van der Waals surface area contributed by atoms with Gasteiger partial charge in [0.1, 0.15) is 0 Å². The summed E-state index contributed by atoms with van der Waals surface area (Å²) in [4.78, 5) is 0. The summed E-state index contributed by atoms with van der Waals surface area (Å²) in [7, 11) is 0. The minimum atomic E-state index is 0.718. The molecule has 0 radical (unpaired) electrons. The summed E-state index contributed by atoms with van der Waals surface area (Å²) in [6.45, 7) is 6.62. The van der Waals surface area contributed by atoms with Crippen molar-refractivity contribution in [2.45, 2.75) is 20.8 Å². The van der Waals surface area contributed by atoms with Gasteiger partial charge in [-0.2, -0.15) is 0 Å². The highest BCUT2D eigenvalue weighted by Gasteiger charge is 2.14. The van der Waals surface area contributed by atoms with Gasteiger partial charge < -0.3 is 0 Å². The summed E-state index contributed by atoms with van der Waals surface area (Å²) in [6, 6.07) is 0. The molecule has 0 spiro atoms. The van der Waals surface area contributed by atoms with Crippen molar-refractivity contribution >= 4 is 0 Å². The standard InChI is InChI=1S/C8H12/c1-6-4-5-7(2)8(6)3/h4,6,8H,1-3H3. The van der Waals surface area contributed by atoms with Crippen LogP contribution in [0.15, 0.2) is 17.4 Å². The first-order valence-electron chi connectivity index (χ1n) is 3.15. The molecule has 2 atom stereocenters. The molecule has 0 nitrogen and oxygen atoms in total. The summed E-state index contributed by atoms with van der Waals surface area (Å²) in [6.07, 6.45) is 2.15. The van der Waals surface area contributed by atoms with Crippen molar-refractivity contribution in [3.05, 3.63) is 17.4 Å². The van der Waals surface area contributed by atoms with E-state index in [-0.39, 0.29) is 0 Å². The molecule has 0 aromatic heterocycles. The molecule has 1 aliphatic carbocycles. The number of hydrogen-bond acceptors (Lipinski definition) is 0. The first-order valence-corrected chi connectivity index (χ1v) is 3.15. The highest BCUT2D eigenvalue weighted by atomic mass is 14.2. The van der Waals surface area contributed by atoms with Crippen LogP contribution in [0.2, 0.25) is 0 Å². The van der Waals surface area contributed by atoms with Crippen molar-refractivity contribution in [1.82, 2.24) is 0 Å². The highest BCUT2D eigenvalue weighted by Crippen LogP contribution is 2.24. The van der Waals surface area contributed by atoms with Gasteiger partial charge in [0.05, 0.1) is 0 Å². The zero-order valence-electron chi connectivity index (χ0n) is 5.73. The van der Waals surface area contributed by atoms with Gasteiger partial charge in [0.25, 0.3) is 0 Å². The van der Waals surface area contributed by atoms with E-state index >= 15 is 0 Å². The third-order valence-electron chi connectivity index (χ3n) is 2.05. The number of rotatable bonds is 0. The van der Waals surface area contributed by atoms with Crippen molar-refractivity contribution in [1.29, 1.82) is 0 Å². The van der Waals surface area contributed by atoms with E-state index in [2.05, 4.69) is 32.6 Å². The Hall–Kier alpha value is -0.480. The maximum atomic E-state index is 3.21. The molecule has 0 heteroatoms. The molecule has 0 heterocycles. The molecule has 0 aromatic rings. The average molecular weight is 108 g/mol. The topological polar surface area (TPSA) is 0 Å². The quantitative estimate of drug-likeness (QED) is 0.418. The van der Waals surface area contributed by atoms with Crippen LogP contribution in [0.25, 0.3) is 0 Å². The van der Waals surface area contributed by atoms with Crippen molar-refractivity contribution in [3.8, 4) is 0 Å². The molecule has 1 rings (SSSR count). The molecule has 2 unspecified atom stereocenters. The minimum Gasteiger partial charge on any atom is -0.126 e. The van der Waals surface area contributed by atoms with Gasteiger partial charge in [-0.3, -0.25) is 0 Å². The second kappa shape index (κ2) is 1.80. The first-order chi connectivity index (χ1) is 3.72. The van der Waals surface area contributed by atoms with Crippen LogP contribution in [-0.2, 0) is 0 Å². The van der Waals surface area contributed by atoms with Gasteiger partial charge >= 0.3 is 0 Å². The summed E-state index contributed by atoms with van der Waals surface area (Å²) in [5.41, 5.74) is 4.61. The van der Waals surface area contributed by atoms with Gasteiger partial charge in [0.15, 0.2) is 0 Å². The molecule has 0 saturated heterocycles. The van der Waals surface area contributed by atoms with Gasteiger partial charge in [-0.15, -0.1) is 5.73 Å². The molecule has 8 heavy (non-hydrogen) atoms. The van der Waals surface area contributed by atoms with Crippen molar-refractivity contribution in [2.24, 2.45) is 11.8 Å². The second-order valence-corrected chi connectivity index (χ2v) is 2.64.